The highest BCUT2D eigenvalue weighted by Gasteiger charge is 2.41. The third-order valence-corrected chi connectivity index (χ3v) is 7.77. The lowest BCUT2D eigenvalue weighted by Gasteiger charge is -2.40. The second-order valence-electron chi connectivity index (χ2n) is 10.4. The highest BCUT2D eigenvalue weighted by molar-refractivity contribution is 6.51. The summed E-state index contributed by atoms with van der Waals surface area (Å²) in [7, 11) is 0. The third-order valence-electron chi connectivity index (χ3n) is 7.77. The quantitative estimate of drug-likeness (QED) is 0.232. The fourth-order valence-corrected chi connectivity index (χ4v) is 5.74. The number of rotatable bonds is 6. The van der Waals surface area contributed by atoms with Crippen LogP contribution >= 0.6 is 0 Å². The summed E-state index contributed by atoms with van der Waals surface area (Å²) in [6.45, 7) is 6.87. The van der Waals surface area contributed by atoms with Crippen molar-refractivity contribution in [3.63, 3.8) is 0 Å². The molecule has 7 rings (SSSR count). The Morgan fingerprint density at radius 3 is 2.29 bits per heavy atom. The van der Waals surface area contributed by atoms with Crippen molar-refractivity contribution in [2.24, 2.45) is 9.98 Å². The van der Waals surface area contributed by atoms with Gasteiger partial charge >= 0.3 is 0 Å². The molecule has 0 fully saturated rings. The molecule has 2 aliphatic rings. The molecule has 0 radical (unpaired) electrons. The Morgan fingerprint density at radius 1 is 0.810 bits per heavy atom. The van der Waals surface area contributed by atoms with E-state index in [-0.39, 0.29) is 6.04 Å². The van der Waals surface area contributed by atoms with E-state index in [2.05, 4.69) is 78.7 Å². The first-order valence-corrected chi connectivity index (χ1v) is 14.4. The molecular formula is C35H32N6O. The number of benzene rings is 4. The number of amidine groups is 2. The number of aryl methyl sites for hydroxylation is 2. The Hall–Kier alpha value is -5.17. The molecule has 5 aromatic rings. The third kappa shape index (κ3) is 4.43. The Balaban J connectivity index is 1.44. The molecule has 0 spiro atoms. The molecule has 42 heavy (non-hydrogen) atoms. The lowest BCUT2D eigenvalue weighted by Crippen LogP contribution is -2.46. The lowest BCUT2D eigenvalue weighted by molar-refractivity contribution is 0.340. The van der Waals surface area contributed by atoms with Gasteiger partial charge in [-0.3, -0.25) is 0 Å². The van der Waals surface area contributed by atoms with Crippen molar-refractivity contribution in [2.75, 3.05) is 16.8 Å². The standard InChI is InChI=1S/C35H32N6O/c1-4-24-15-17-25(18-16-24)32-31-23(3)39-41(27-11-7-6-8-12-27)34(31)38-35-33(36-26-19-21-28(22-20-26)42-5-2)37-29-13-9-10-14-30(29)40(32)35/h6-22,32H,4-5H2,1-3H3,(H,36,37)/t32-/m0/s1. The molecule has 1 atom stereocenters. The molecule has 7 nitrogen and oxygen atoms in total. The molecular weight excluding hydrogens is 520 g/mol. The molecule has 7 heteroatoms. The van der Waals surface area contributed by atoms with Gasteiger partial charge in [-0.05, 0) is 79.9 Å². The summed E-state index contributed by atoms with van der Waals surface area (Å²) in [6, 6.07) is 35.2. The van der Waals surface area contributed by atoms with Crippen LogP contribution in [0, 0.1) is 6.92 Å². The minimum absolute atomic E-state index is 0.148. The molecule has 1 N–H and O–H groups in total. The number of nitrogens with zero attached hydrogens (tertiary/aromatic N) is 5. The van der Waals surface area contributed by atoms with Crippen molar-refractivity contribution in [3.05, 3.63) is 126 Å². The number of para-hydroxylation sites is 3. The first-order valence-electron chi connectivity index (χ1n) is 14.4. The van der Waals surface area contributed by atoms with Crippen LogP contribution in [0.2, 0.25) is 0 Å². The van der Waals surface area contributed by atoms with Gasteiger partial charge in [-0.1, -0.05) is 61.5 Å². The number of aliphatic imine (C=N–C) groups is 2. The molecule has 0 bridgehead atoms. The zero-order chi connectivity index (χ0) is 28.6. The van der Waals surface area contributed by atoms with Gasteiger partial charge in [0.1, 0.15) is 5.75 Å². The van der Waals surface area contributed by atoms with E-state index in [9.17, 15) is 0 Å². The van der Waals surface area contributed by atoms with Crippen LogP contribution in [-0.4, -0.2) is 28.1 Å². The van der Waals surface area contributed by atoms with E-state index in [1.165, 1.54) is 11.1 Å². The first-order chi connectivity index (χ1) is 20.6. The van der Waals surface area contributed by atoms with Crippen LogP contribution in [0.3, 0.4) is 0 Å². The highest BCUT2D eigenvalue weighted by atomic mass is 16.5. The second kappa shape index (κ2) is 10.7. The minimum Gasteiger partial charge on any atom is -0.494 e. The average molecular weight is 553 g/mol. The van der Waals surface area contributed by atoms with E-state index in [1.807, 2.05) is 60.1 Å². The van der Waals surface area contributed by atoms with Crippen molar-refractivity contribution >= 4 is 34.6 Å². The van der Waals surface area contributed by atoms with E-state index in [1.54, 1.807) is 0 Å². The molecule has 2 aliphatic heterocycles. The van der Waals surface area contributed by atoms with Gasteiger partial charge in [0.05, 0.1) is 35.4 Å². The maximum Gasteiger partial charge on any atom is 0.179 e. The maximum absolute atomic E-state index is 5.66. The minimum atomic E-state index is -0.148. The Morgan fingerprint density at radius 2 is 1.55 bits per heavy atom. The summed E-state index contributed by atoms with van der Waals surface area (Å²) >= 11 is 0. The summed E-state index contributed by atoms with van der Waals surface area (Å²) in [6.07, 6.45) is 0.989. The van der Waals surface area contributed by atoms with Crippen molar-refractivity contribution in [1.29, 1.82) is 0 Å². The zero-order valence-electron chi connectivity index (χ0n) is 24.0. The SMILES string of the molecule is CCOc1ccc(NC2=Nc3ccccc3N3C2=Nc2c(c(C)nn2-c2ccccc2)[C@@H]3c2ccc(CC)cc2)cc1. The Bertz CT molecular complexity index is 1800. The van der Waals surface area contributed by atoms with E-state index in [0.717, 1.165) is 57.8 Å². The van der Waals surface area contributed by atoms with Crippen molar-refractivity contribution in [1.82, 2.24) is 9.78 Å². The zero-order valence-corrected chi connectivity index (χ0v) is 24.0. The predicted octanol–water partition coefficient (Wildman–Crippen LogP) is 7.94. The topological polar surface area (TPSA) is 67.0 Å². The number of fused-ring (bicyclic) bond motifs is 4. The molecule has 0 aliphatic carbocycles. The number of hydrogen-bond donors (Lipinski definition) is 1. The number of anilines is 2. The summed E-state index contributed by atoms with van der Waals surface area (Å²) in [5.74, 6) is 3.07. The number of nitrogens with one attached hydrogen (secondary N) is 1. The molecule has 0 amide bonds. The monoisotopic (exact) mass is 552 g/mol. The van der Waals surface area contributed by atoms with Gasteiger partial charge in [-0.15, -0.1) is 0 Å². The van der Waals surface area contributed by atoms with Gasteiger partial charge in [0, 0.05) is 11.3 Å². The molecule has 4 aromatic carbocycles. The van der Waals surface area contributed by atoms with Gasteiger partial charge in [0.2, 0.25) is 0 Å². The van der Waals surface area contributed by atoms with Gasteiger partial charge in [0.15, 0.2) is 17.5 Å². The highest BCUT2D eigenvalue weighted by Crippen LogP contribution is 2.48. The summed E-state index contributed by atoms with van der Waals surface area (Å²) < 4.78 is 7.62. The Labute approximate surface area is 245 Å². The fraction of sp³-hybridized carbons (Fsp3) is 0.171. The van der Waals surface area contributed by atoms with Gasteiger partial charge in [-0.25, -0.2) is 14.7 Å². The first kappa shape index (κ1) is 25.8. The van der Waals surface area contributed by atoms with E-state index in [4.69, 9.17) is 19.8 Å². The Kier molecular flexibility index (Phi) is 6.55. The van der Waals surface area contributed by atoms with Crippen molar-refractivity contribution in [3.8, 4) is 11.4 Å². The average Bonchev–Trinajstić information content (AvgIpc) is 3.37. The fourth-order valence-electron chi connectivity index (χ4n) is 5.74. The smallest absolute Gasteiger partial charge is 0.179 e. The van der Waals surface area contributed by atoms with Gasteiger partial charge in [-0.2, -0.15) is 5.10 Å². The molecule has 3 heterocycles. The van der Waals surface area contributed by atoms with E-state index < -0.39 is 0 Å². The predicted molar refractivity (Wildman–Crippen MR) is 170 cm³/mol. The molecule has 0 unspecified atom stereocenters. The van der Waals surface area contributed by atoms with Crippen LogP contribution in [0.5, 0.6) is 5.75 Å². The van der Waals surface area contributed by atoms with E-state index in [0.29, 0.717) is 12.4 Å². The summed E-state index contributed by atoms with van der Waals surface area (Å²) in [5, 5.41) is 8.60. The molecule has 208 valence electrons. The van der Waals surface area contributed by atoms with Crippen molar-refractivity contribution < 1.29 is 4.74 Å². The summed E-state index contributed by atoms with van der Waals surface area (Å²) in [5.41, 5.74) is 8.28. The number of hydrogen-bond acceptors (Lipinski definition) is 6. The lowest BCUT2D eigenvalue weighted by atomic mass is 9.92. The van der Waals surface area contributed by atoms with Crippen LogP contribution in [-0.2, 0) is 6.42 Å². The van der Waals surface area contributed by atoms with Crippen LogP contribution in [0.4, 0.5) is 22.9 Å². The summed E-state index contributed by atoms with van der Waals surface area (Å²) in [4.78, 5) is 12.7. The van der Waals surface area contributed by atoms with Crippen LogP contribution < -0.4 is 15.0 Å². The largest absolute Gasteiger partial charge is 0.494 e. The van der Waals surface area contributed by atoms with Crippen LogP contribution in [0.15, 0.2) is 113 Å². The van der Waals surface area contributed by atoms with Crippen LogP contribution in [0.25, 0.3) is 5.69 Å². The van der Waals surface area contributed by atoms with Gasteiger partial charge in [0.25, 0.3) is 0 Å². The maximum atomic E-state index is 5.66. The van der Waals surface area contributed by atoms with E-state index >= 15 is 0 Å². The van der Waals surface area contributed by atoms with Crippen LogP contribution in [0.1, 0.15) is 42.3 Å². The van der Waals surface area contributed by atoms with Gasteiger partial charge < -0.3 is 15.0 Å². The molecule has 0 saturated carbocycles. The second-order valence-corrected chi connectivity index (χ2v) is 10.4. The number of aromatic nitrogens is 2. The molecule has 0 saturated heterocycles. The molecule has 1 aromatic heterocycles. The van der Waals surface area contributed by atoms with Crippen molar-refractivity contribution in [2.45, 2.75) is 33.2 Å². The normalized spacial score (nSPS) is 15.2. The number of ether oxygens (including phenoxy) is 1.